The smallest absolute Gasteiger partial charge is 0.175 e. The van der Waals surface area contributed by atoms with Gasteiger partial charge in [-0.15, -0.1) is 24.8 Å². The van der Waals surface area contributed by atoms with Gasteiger partial charge in [0.15, 0.2) is 5.58 Å². The number of likely N-dealkylation sites (tertiary alicyclic amines) is 1. The zero-order valence-corrected chi connectivity index (χ0v) is 23.5. The van der Waals surface area contributed by atoms with Gasteiger partial charge in [-0.25, -0.2) is 0 Å². The predicted octanol–water partition coefficient (Wildman–Crippen LogP) is 6.24. The molecule has 5 rings (SSSR count). The lowest BCUT2D eigenvalue weighted by Gasteiger charge is -2.32. The molecule has 2 fully saturated rings. The maximum absolute atomic E-state index is 9.14. The summed E-state index contributed by atoms with van der Waals surface area (Å²) in [5.74, 6) is 2.37. The number of nitriles is 1. The molecule has 1 saturated heterocycles. The molecule has 0 atom stereocenters. The summed E-state index contributed by atoms with van der Waals surface area (Å²) in [6.07, 6.45) is 7.07. The van der Waals surface area contributed by atoms with Crippen molar-refractivity contribution in [2.75, 3.05) is 33.8 Å². The molecule has 0 amide bonds. The summed E-state index contributed by atoms with van der Waals surface area (Å²) in [6, 6.07) is 14.5. The molecule has 6 nitrogen and oxygen atoms in total. The van der Waals surface area contributed by atoms with E-state index in [0.717, 1.165) is 85.1 Å². The van der Waals surface area contributed by atoms with Crippen LogP contribution in [0.5, 0.6) is 5.75 Å². The molecule has 1 aliphatic carbocycles. The number of halogens is 2. The molecule has 1 saturated carbocycles. The van der Waals surface area contributed by atoms with Gasteiger partial charge in [0, 0.05) is 18.5 Å². The minimum Gasteiger partial charge on any atom is -0.493 e. The highest BCUT2D eigenvalue weighted by Crippen LogP contribution is 2.35. The normalized spacial score (nSPS) is 16.3. The molecule has 8 heteroatoms. The van der Waals surface area contributed by atoms with Crippen molar-refractivity contribution in [1.82, 2.24) is 15.0 Å². The molecular formula is C29H38Cl2N4O2. The molecule has 0 N–H and O–H groups in total. The quantitative estimate of drug-likeness (QED) is 0.301. The highest BCUT2D eigenvalue weighted by atomic mass is 35.5. The van der Waals surface area contributed by atoms with Crippen LogP contribution in [0.2, 0.25) is 0 Å². The summed E-state index contributed by atoms with van der Waals surface area (Å²) in [7, 11) is 4.15. The van der Waals surface area contributed by atoms with Gasteiger partial charge in [0.2, 0.25) is 0 Å². The summed E-state index contributed by atoms with van der Waals surface area (Å²) >= 11 is 0. The Hall–Kier alpha value is -2.30. The lowest BCUT2D eigenvalue weighted by Crippen LogP contribution is -2.33. The van der Waals surface area contributed by atoms with E-state index in [1.54, 1.807) is 0 Å². The molecule has 3 aromatic rings. The Bertz CT molecular complexity index is 1190. The van der Waals surface area contributed by atoms with E-state index in [2.05, 4.69) is 53.3 Å². The zero-order valence-electron chi connectivity index (χ0n) is 21.8. The van der Waals surface area contributed by atoms with Gasteiger partial charge >= 0.3 is 0 Å². The third-order valence-electron chi connectivity index (χ3n) is 7.38. The maximum Gasteiger partial charge on any atom is 0.175 e. The molecule has 37 heavy (non-hydrogen) atoms. The molecule has 2 aliphatic rings. The Labute approximate surface area is 232 Å². The Morgan fingerprint density at radius 1 is 1.08 bits per heavy atom. The number of ether oxygens (including phenoxy) is 1. The van der Waals surface area contributed by atoms with Crippen LogP contribution < -0.4 is 4.74 Å². The lowest BCUT2D eigenvalue weighted by atomic mass is 9.91. The second-order valence-corrected chi connectivity index (χ2v) is 10.6. The number of aromatic nitrogens is 1. The van der Waals surface area contributed by atoms with Crippen LogP contribution >= 0.6 is 24.8 Å². The van der Waals surface area contributed by atoms with E-state index >= 15 is 0 Å². The van der Waals surface area contributed by atoms with E-state index in [0.29, 0.717) is 5.92 Å². The van der Waals surface area contributed by atoms with Gasteiger partial charge in [-0.2, -0.15) is 5.26 Å². The van der Waals surface area contributed by atoms with Crippen LogP contribution in [0.15, 0.2) is 40.9 Å². The second kappa shape index (κ2) is 13.5. The number of piperidine rings is 1. The number of benzene rings is 2. The van der Waals surface area contributed by atoms with Crippen LogP contribution in [0.1, 0.15) is 54.5 Å². The first-order valence-corrected chi connectivity index (χ1v) is 13.0. The van der Waals surface area contributed by atoms with Crippen LogP contribution in [0.3, 0.4) is 0 Å². The number of rotatable bonds is 10. The fourth-order valence-electron chi connectivity index (χ4n) is 5.14. The number of fused-ring (bicyclic) bond motifs is 1. The fraction of sp³-hybridized carbons (Fsp3) is 0.517. The van der Waals surface area contributed by atoms with E-state index in [1.165, 1.54) is 31.2 Å². The molecule has 1 aliphatic heterocycles. The SMILES string of the molecule is CN(C)Cc1c(OCC2CC2)ccc2c(CCC3CCN(Cc4cccc(C#N)c4)CC3)noc12.Cl.Cl. The Morgan fingerprint density at radius 3 is 2.57 bits per heavy atom. The van der Waals surface area contributed by atoms with Crippen molar-refractivity contribution in [2.45, 2.75) is 51.6 Å². The van der Waals surface area contributed by atoms with Crippen LogP contribution in [-0.2, 0) is 19.5 Å². The van der Waals surface area contributed by atoms with E-state index in [9.17, 15) is 0 Å². The van der Waals surface area contributed by atoms with E-state index in [4.69, 9.17) is 14.5 Å². The topological polar surface area (TPSA) is 65.5 Å². The maximum atomic E-state index is 9.14. The van der Waals surface area contributed by atoms with Gasteiger partial charge < -0.3 is 14.2 Å². The van der Waals surface area contributed by atoms with E-state index < -0.39 is 0 Å². The highest BCUT2D eigenvalue weighted by Gasteiger charge is 2.24. The minimum atomic E-state index is 0. The first-order chi connectivity index (χ1) is 17.1. The summed E-state index contributed by atoms with van der Waals surface area (Å²) in [4.78, 5) is 4.67. The molecule has 0 spiro atoms. The standard InChI is InChI=1S/C29H36N4O2.2ClH/c1-32(2)19-26-28(34-20-22-6-7-22)11-9-25-27(31-35-29(25)26)10-8-21-12-14-33(15-13-21)18-24-5-3-4-23(16-24)17-30;;/h3-5,9,11,16,21-22H,6-8,10,12-15,18-20H2,1-2H3;2*1H. The number of nitrogens with zero attached hydrogens (tertiary/aromatic N) is 4. The molecular weight excluding hydrogens is 507 g/mol. The first-order valence-electron chi connectivity index (χ1n) is 13.0. The highest BCUT2D eigenvalue weighted by molar-refractivity contribution is 5.86. The summed E-state index contributed by atoms with van der Waals surface area (Å²) in [6.45, 7) is 4.72. The third-order valence-corrected chi connectivity index (χ3v) is 7.38. The van der Waals surface area contributed by atoms with Gasteiger partial charge in [-0.1, -0.05) is 17.3 Å². The van der Waals surface area contributed by atoms with Gasteiger partial charge in [0.05, 0.1) is 29.5 Å². The molecule has 2 heterocycles. The number of hydrogen-bond donors (Lipinski definition) is 0. The second-order valence-electron chi connectivity index (χ2n) is 10.6. The van der Waals surface area contributed by atoms with Crippen LogP contribution in [0.25, 0.3) is 11.0 Å². The zero-order chi connectivity index (χ0) is 24.2. The van der Waals surface area contributed by atoms with Gasteiger partial charge in [-0.05, 0) is 107 Å². The van der Waals surface area contributed by atoms with Crippen molar-refractivity contribution in [3.05, 3.63) is 58.8 Å². The predicted molar refractivity (Wildman–Crippen MR) is 152 cm³/mol. The summed E-state index contributed by atoms with van der Waals surface area (Å²) in [5, 5.41) is 14.8. The lowest BCUT2D eigenvalue weighted by molar-refractivity contribution is 0.172. The molecule has 200 valence electrons. The minimum absolute atomic E-state index is 0. The monoisotopic (exact) mass is 544 g/mol. The average Bonchev–Trinajstić information content (AvgIpc) is 3.60. The van der Waals surface area contributed by atoms with Gasteiger partial charge in [0.25, 0.3) is 0 Å². The van der Waals surface area contributed by atoms with Crippen molar-refractivity contribution in [3.63, 3.8) is 0 Å². The largest absolute Gasteiger partial charge is 0.493 e. The Morgan fingerprint density at radius 2 is 1.86 bits per heavy atom. The number of hydrogen-bond acceptors (Lipinski definition) is 6. The van der Waals surface area contributed by atoms with Gasteiger partial charge in [-0.3, -0.25) is 4.90 Å². The van der Waals surface area contributed by atoms with Crippen molar-refractivity contribution in [1.29, 1.82) is 5.26 Å². The number of aryl methyl sites for hydroxylation is 1. The Kier molecular flexibility index (Phi) is 10.7. The molecule has 2 aromatic carbocycles. The molecule has 0 radical (unpaired) electrons. The molecule has 0 unspecified atom stereocenters. The molecule has 1 aromatic heterocycles. The average molecular weight is 546 g/mol. The van der Waals surface area contributed by atoms with Crippen molar-refractivity contribution in [2.24, 2.45) is 11.8 Å². The van der Waals surface area contributed by atoms with E-state index in [-0.39, 0.29) is 24.8 Å². The molecule has 0 bridgehead atoms. The van der Waals surface area contributed by atoms with Crippen molar-refractivity contribution < 1.29 is 9.26 Å². The van der Waals surface area contributed by atoms with E-state index in [1.807, 2.05) is 18.2 Å². The summed E-state index contributed by atoms with van der Waals surface area (Å²) < 4.78 is 12.1. The van der Waals surface area contributed by atoms with Crippen molar-refractivity contribution >= 4 is 35.8 Å². The van der Waals surface area contributed by atoms with Crippen LogP contribution in [0, 0.1) is 23.2 Å². The summed E-state index contributed by atoms with van der Waals surface area (Å²) in [5.41, 5.74) is 5.04. The Balaban J connectivity index is 0.00000190. The van der Waals surface area contributed by atoms with Crippen LogP contribution in [0.4, 0.5) is 0 Å². The first kappa shape index (κ1) is 29.3. The fourth-order valence-corrected chi connectivity index (χ4v) is 5.14. The van der Waals surface area contributed by atoms with Gasteiger partial charge in [0.1, 0.15) is 5.75 Å². The third kappa shape index (κ3) is 7.61. The van der Waals surface area contributed by atoms with Crippen molar-refractivity contribution in [3.8, 4) is 11.8 Å². The van der Waals surface area contributed by atoms with Crippen LogP contribution in [-0.4, -0.2) is 48.7 Å².